The molecule has 130 valence electrons. The minimum absolute atomic E-state index is 0.0515. The van der Waals surface area contributed by atoms with Crippen molar-refractivity contribution >= 4 is 11.9 Å². The Kier molecular flexibility index (Phi) is 5.23. The molecule has 0 saturated carbocycles. The van der Waals surface area contributed by atoms with E-state index < -0.39 is 6.04 Å². The van der Waals surface area contributed by atoms with Crippen LogP contribution in [0.25, 0.3) is 0 Å². The molecule has 1 aromatic rings. The Balaban J connectivity index is 1.69. The van der Waals surface area contributed by atoms with Crippen molar-refractivity contribution < 1.29 is 23.8 Å². The minimum Gasteiger partial charge on any atom is -0.486 e. The van der Waals surface area contributed by atoms with Gasteiger partial charge in [-0.1, -0.05) is 6.07 Å². The number of hydrogen-bond donors (Lipinski definition) is 0. The Labute approximate surface area is 141 Å². The molecule has 0 N–H and O–H groups in total. The lowest BCUT2D eigenvalue weighted by Crippen LogP contribution is -2.49. The second-order valence-corrected chi connectivity index (χ2v) is 6.01. The van der Waals surface area contributed by atoms with E-state index in [2.05, 4.69) is 0 Å². The number of carbonyl (C=O) groups is 2. The third-order valence-electron chi connectivity index (χ3n) is 4.34. The second kappa shape index (κ2) is 7.55. The first-order chi connectivity index (χ1) is 11.7. The summed E-state index contributed by atoms with van der Waals surface area (Å²) in [6.07, 6.45) is 2.78. The van der Waals surface area contributed by atoms with E-state index in [4.69, 9.17) is 14.2 Å². The molecule has 1 atom stereocenters. The number of piperidine rings is 1. The molecule has 0 radical (unpaired) electrons. The van der Waals surface area contributed by atoms with Crippen LogP contribution >= 0.6 is 0 Å². The van der Waals surface area contributed by atoms with E-state index in [1.54, 1.807) is 11.8 Å². The maximum atomic E-state index is 12.7. The van der Waals surface area contributed by atoms with Crippen LogP contribution in [0.2, 0.25) is 0 Å². The van der Waals surface area contributed by atoms with Crippen LogP contribution in [0, 0.1) is 0 Å². The van der Waals surface area contributed by atoms with Crippen LogP contribution in [0.1, 0.15) is 31.7 Å². The smallest absolute Gasteiger partial charge is 0.328 e. The summed E-state index contributed by atoms with van der Waals surface area (Å²) in [6, 6.07) is 5.09. The first-order valence-electron chi connectivity index (χ1n) is 8.53. The molecular weight excluding hydrogens is 310 g/mol. The zero-order chi connectivity index (χ0) is 16.9. The number of esters is 1. The predicted octanol–water partition coefficient (Wildman–Crippen LogP) is 1.94. The van der Waals surface area contributed by atoms with Crippen molar-refractivity contribution in [2.45, 2.75) is 38.6 Å². The van der Waals surface area contributed by atoms with Crippen LogP contribution < -0.4 is 9.47 Å². The lowest BCUT2D eigenvalue weighted by molar-refractivity contribution is -0.156. The standard InChI is InChI=1S/C18H23NO5/c1-2-22-18(21)14-5-3-4-8-19(14)17(20)12-13-6-7-15-16(11-13)24-10-9-23-15/h6-7,11,14H,2-5,8-10,12H2,1H3/t14-/m0/s1. The van der Waals surface area contributed by atoms with Crippen molar-refractivity contribution in [3.05, 3.63) is 23.8 Å². The van der Waals surface area contributed by atoms with Gasteiger partial charge in [0.2, 0.25) is 5.91 Å². The molecule has 0 unspecified atom stereocenters. The average Bonchev–Trinajstić information content (AvgIpc) is 2.62. The molecule has 2 aliphatic rings. The summed E-state index contributed by atoms with van der Waals surface area (Å²) in [4.78, 5) is 26.5. The number of amides is 1. The fourth-order valence-corrected chi connectivity index (χ4v) is 3.19. The molecule has 2 aliphatic heterocycles. The SMILES string of the molecule is CCOC(=O)[C@@H]1CCCCN1C(=O)Cc1ccc2c(c1)OCCO2. The highest BCUT2D eigenvalue weighted by Gasteiger charge is 2.33. The summed E-state index contributed by atoms with van der Waals surface area (Å²) in [5, 5.41) is 0. The van der Waals surface area contributed by atoms with Gasteiger partial charge in [-0.05, 0) is 43.9 Å². The number of benzene rings is 1. The van der Waals surface area contributed by atoms with E-state index in [9.17, 15) is 9.59 Å². The van der Waals surface area contributed by atoms with Gasteiger partial charge < -0.3 is 19.1 Å². The fraction of sp³-hybridized carbons (Fsp3) is 0.556. The molecule has 1 amide bonds. The number of fused-ring (bicyclic) bond motifs is 1. The van der Waals surface area contributed by atoms with Crippen LogP contribution in [0.4, 0.5) is 0 Å². The molecule has 0 aromatic heterocycles. The molecule has 0 aliphatic carbocycles. The summed E-state index contributed by atoms with van der Waals surface area (Å²) in [5.74, 6) is 1.03. The van der Waals surface area contributed by atoms with Gasteiger partial charge in [-0.25, -0.2) is 4.79 Å². The normalized spacial score (nSPS) is 19.7. The molecule has 24 heavy (non-hydrogen) atoms. The van der Waals surface area contributed by atoms with Gasteiger partial charge in [-0.3, -0.25) is 4.79 Å². The molecule has 1 saturated heterocycles. The average molecular weight is 333 g/mol. The highest BCUT2D eigenvalue weighted by atomic mass is 16.6. The third kappa shape index (κ3) is 3.63. The lowest BCUT2D eigenvalue weighted by Gasteiger charge is -2.34. The van der Waals surface area contributed by atoms with E-state index in [1.165, 1.54) is 0 Å². The summed E-state index contributed by atoms with van der Waals surface area (Å²) in [5.41, 5.74) is 0.859. The van der Waals surface area contributed by atoms with Gasteiger partial charge in [0, 0.05) is 6.54 Å². The van der Waals surface area contributed by atoms with Gasteiger partial charge in [-0.15, -0.1) is 0 Å². The summed E-state index contributed by atoms with van der Waals surface area (Å²) < 4.78 is 16.2. The predicted molar refractivity (Wildman–Crippen MR) is 87.1 cm³/mol. The topological polar surface area (TPSA) is 65.1 Å². The number of likely N-dealkylation sites (tertiary alicyclic amines) is 1. The quantitative estimate of drug-likeness (QED) is 0.788. The van der Waals surface area contributed by atoms with Crippen LogP contribution in [-0.4, -0.2) is 49.2 Å². The van der Waals surface area contributed by atoms with E-state index in [0.29, 0.717) is 44.3 Å². The van der Waals surface area contributed by atoms with Crippen molar-refractivity contribution in [3.8, 4) is 11.5 Å². The molecule has 6 nitrogen and oxygen atoms in total. The Morgan fingerprint density at radius 2 is 2.00 bits per heavy atom. The minimum atomic E-state index is -0.455. The maximum Gasteiger partial charge on any atom is 0.328 e. The van der Waals surface area contributed by atoms with E-state index in [0.717, 1.165) is 18.4 Å². The zero-order valence-corrected chi connectivity index (χ0v) is 14.0. The Hall–Kier alpha value is -2.24. The number of rotatable bonds is 4. The van der Waals surface area contributed by atoms with Crippen molar-refractivity contribution in [2.75, 3.05) is 26.4 Å². The van der Waals surface area contributed by atoms with Crippen LogP contribution in [0.15, 0.2) is 18.2 Å². The van der Waals surface area contributed by atoms with Crippen LogP contribution in [-0.2, 0) is 20.7 Å². The van der Waals surface area contributed by atoms with Crippen LogP contribution in [0.3, 0.4) is 0 Å². The molecule has 0 spiro atoms. The maximum absolute atomic E-state index is 12.7. The number of nitrogens with zero attached hydrogens (tertiary/aromatic N) is 1. The first kappa shape index (κ1) is 16.6. The van der Waals surface area contributed by atoms with Crippen molar-refractivity contribution in [1.82, 2.24) is 4.90 Å². The third-order valence-corrected chi connectivity index (χ3v) is 4.34. The molecule has 6 heteroatoms. The van der Waals surface area contributed by atoms with Gasteiger partial charge in [0.1, 0.15) is 19.3 Å². The Morgan fingerprint density at radius 3 is 2.79 bits per heavy atom. The van der Waals surface area contributed by atoms with Gasteiger partial charge in [-0.2, -0.15) is 0 Å². The summed E-state index contributed by atoms with van der Waals surface area (Å²) in [6.45, 7) is 3.77. The first-order valence-corrected chi connectivity index (χ1v) is 8.53. The fourth-order valence-electron chi connectivity index (χ4n) is 3.19. The van der Waals surface area contributed by atoms with Crippen molar-refractivity contribution in [1.29, 1.82) is 0 Å². The Morgan fingerprint density at radius 1 is 1.21 bits per heavy atom. The molecule has 3 rings (SSSR count). The highest BCUT2D eigenvalue weighted by molar-refractivity contribution is 5.86. The second-order valence-electron chi connectivity index (χ2n) is 6.01. The lowest BCUT2D eigenvalue weighted by atomic mass is 10.0. The van der Waals surface area contributed by atoms with Gasteiger partial charge >= 0.3 is 5.97 Å². The molecule has 1 aromatic carbocycles. The molecule has 1 fully saturated rings. The number of carbonyl (C=O) groups excluding carboxylic acids is 2. The van der Waals surface area contributed by atoms with Gasteiger partial charge in [0.15, 0.2) is 11.5 Å². The molecule has 2 heterocycles. The monoisotopic (exact) mass is 333 g/mol. The van der Waals surface area contributed by atoms with E-state index in [1.807, 2.05) is 18.2 Å². The van der Waals surface area contributed by atoms with Crippen LogP contribution in [0.5, 0.6) is 11.5 Å². The van der Waals surface area contributed by atoms with E-state index >= 15 is 0 Å². The van der Waals surface area contributed by atoms with Crippen molar-refractivity contribution in [3.63, 3.8) is 0 Å². The van der Waals surface area contributed by atoms with E-state index in [-0.39, 0.29) is 18.3 Å². The van der Waals surface area contributed by atoms with Gasteiger partial charge in [0.25, 0.3) is 0 Å². The molecular formula is C18H23NO5. The summed E-state index contributed by atoms with van der Waals surface area (Å²) >= 11 is 0. The Bertz CT molecular complexity index is 615. The number of hydrogen-bond acceptors (Lipinski definition) is 5. The summed E-state index contributed by atoms with van der Waals surface area (Å²) in [7, 11) is 0. The number of ether oxygens (including phenoxy) is 3. The highest BCUT2D eigenvalue weighted by Crippen LogP contribution is 2.31. The van der Waals surface area contributed by atoms with Crippen molar-refractivity contribution in [2.24, 2.45) is 0 Å². The molecule has 0 bridgehead atoms. The van der Waals surface area contributed by atoms with Gasteiger partial charge in [0.05, 0.1) is 13.0 Å². The largest absolute Gasteiger partial charge is 0.486 e. The zero-order valence-electron chi connectivity index (χ0n) is 14.0.